The molecule has 0 amide bonds. The molecule has 0 unspecified atom stereocenters. The Labute approximate surface area is 185 Å². The molecule has 5 aliphatic rings. The lowest BCUT2D eigenvalue weighted by Gasteiger charge is -2.65. The summed E-state index contributed by atoms with van der Waals surface area (Å²) in [6.07, 6.45) is 3.45. The van der Waals surface area contributed by atoms with E-state index in [1.807, 2.05) is 0 Å². The number of rotatable bonds is 3. The summed E-state index contributed by atoms with van der Waals surface area (Å²) < 4.78 is 26.1. The Kier molecular flexibility index (Phi) is 4.62. The minimum Gasteiger partial charge on any atom is -0.458 e. The molecule has 1 aliphatic heterocycles. The van der Waals surface area contributed by atoms with Crippen molar-refractivity contribution in [3.05, 3.63) is 0 Å². The summed E-state index contributed by atoms with van der Waals surface area (Å²) in [5.74, 6) is 0.205. The number of aliphatic hydroxyl groups excluding tert-OH is 1. The van der Waals surface area contributed by atoms with Gasteiger partial charge in [0.2, 0.25) is 5.78 Å². The lowest BCUT2D eigenvalue weighted by atomic mass is 9.44. The highest BCUT2D eigenvalue weighted by molar-refractivity contribution is 9.10. The number of fused-ring (bicyclic) bond motifs is 7. The largest absolute Gasteiger partial charge is 0.458 e. The molecular weight excluding hydrogens is 455 g/mol. The van der Waals surface area contributed by atoms with Crippen LogP contribution in [0.5, 0.6) is 0 Å². The average molecular weight is 487 g/mol. The van der Waals surface area contributed by atoms with Crippen molar-refractivity contribution in [3.8, 4) is 0 Å². The quantitative estimate of drug-likeness (QED) is 0.373. The molecule has 4 aliphatic carbocycles. The maximum Gasteiger partial charge on any atom is 0.303 e. The molecule has 168 valence electrons. The van der Waals surface area contributed by atoms with Gasteiger partial charge in [0.05, 0.1) is 16.5 Å². The number of carbonyl (C=O) groups is 2. The maximum absolute atomic E-state index is 15.7. The fraction of sp³-hybridized carbons (Fsp3) is 0.913. The van der Waals surface area contributed by atoms with Gasteiger partial charge in [0.1, 0.15) is 6.17 Å². The Morgan fingerprint density at radius 3 is 2.57 bits per heavy atom. The highest BCUT2D eigenvalue weighted by Crippen LogP contribution is 2.75. The number of aliphatic hydroxyl groups is 1. The SMILES string of the molecule is CC(=O)OCC(=O)[C@@]12O[C@@H]1C[C@H]1[C@@H]3C[C@@H](F)[C@@]4(Br)C[C@H](O)CC[C@]4(C)[C@H]3CC[C@@]12C. The van der Waals surface area contributed by atoms with E-state index in [9.17, 15) is 14.7 Å². The number of epoxide rings is 1. The molecule has 4 saturated carbocycles. The molecule has 0 radical (unpaired) electrons. The van der Waals surface area contributed by atoms with Gasteiger partial charge in [0.15, 0.2) is 12.2 Å². The third kappa shape index (κ3) is 2.46. The first-order valence-electron chi connectivity index (χ1n) is 11.3. The van der Waals surface area contributed by atoms with Crippen molar-refractivity contribution in [3.63, 3.8) is 0 Å². The zero-order valence-corrected chi connectivity index (χ0v) is 19.5. The molecule has 0 spiro atoms. The number of ether oxygens (including phenoxy) is 2. The third-order valence-corrected chi connectivity index (χ3v) is 11.7. The number of esters is 1. The van der Waals surface area contributed by atoms with Crippen molar-refractivity contribution in [1.29, 1.82) is 0 Å². The van der Waals surface area contributed by atoms with Crippen LogP contribution < -0.4 is 0 Å². The molecule has 1 heterocycles. The molecule has 5 nitrogen and oxygen atoms in total. The van der Waals surface area contributed by atoms with E-state index in [2.05, 4.69) is 29.8 Å². The highest BCUT2D eigenvalue weighted by Gasteiger charge is 2.81. The molecular formula is C23H32BrFO5. The van der Waals surface area contributed by atoms with Crippen LogP contribution in [-0.4, -0.2) is 51.8 Å². The van der Waals surface area contributed by atoms with Crippen LogP contribution in [0.4, 0.5) is 4.39 Å². The van der Waals surface area contributed by atoms with Gasteiger partial charge in [-0.1, -0.05) is 29.8 Å². The van der Waals surface area contributed by atoms with Gasteiger partial charge in [-0.2, -0.15) is 0 Å². The van der Waals surface area contributed by atoms with Crippen LogP contribution in [0.15, 0.2) is 0 Å². The number of halogens is 2. The predicted molar refractivity (Wildman–Crippen MR) is 111 cm³/mol. The van der Waals surface area contributed by atoms with Crippen LogP contribution >= 0.6 is 15.9 Å². The van der Waals surface area contributed by atoms with Crippen LogP contribution in [-0.2, 0) is 19.1 Å². The molecule has 7 heteroatoms. The number of carbonyl (C=O) groups excluding carboxylic acids is 2. The van der Waals surface area contributed by atoms with Crippen LogP contribution in [0.3, 0.4) is 0 Å². The fourth-order valence-corrected chi connectivity index (χ4v) is 9.41. The molecule has 5 fully saturated rings. The average Bonchev–Trinajstić information content (AvgIpc) is 3.35. The van der Waals surface area contributed by atoms with E-state index in [1.54, 1.807) is 0 Å². The zero-order chi connectivity index (χ0) is 21.7. The van der Waals surface area contributed by atoms with E-state index in [0.717, 1.165) is 32.1 Å². The van der Waals surface area contributed by atoms with Gasteiger partial charge in [0.25, 0.3) is 0 Å². The highest BCUT2D eigenvalue weighted by atomic mass is 79.9. The second-order valence-electron chi connectivity index (χ2n) is 11.0. The van der Waals surface area contributed by atoms with Gasteiger partial charge >= 0.3 is 5.97 Å². The smallest absolute Gasteiger partial charge is 0.303 e. The lowest BCUT2D eigenvalue weighted by molar-refractivity contribution is -0.162. The normalized spacial score (nSPS) is 56.2. The molecule has 0 bridgehead atoms. The van der Waals surface area contributed by atoms with Crippen LogP contribution in [0.2, 0.25) is 0 Å². The van der Waals surface area contributed by atoms with Crippen LogP contribution in [0.25, 0.3) is 0 Å². The van der Waals surface area contributed by atoms with Gasteiger partial charge in [-0.25, -0.2) is 4.39 Å². The number of Topliss-reactive ketones (excluding diaryl/α,β-unsaturated/α-hetero) is 1. The van der Waals surface area contributed by atoms with Gasteiger partial charge in [-0.15, -0.1) is 0 Å². The lowest BCUT2D eigenvalue weighted by Crippen LogP contribution is -2.65. The van der Waals surface area contributed by atoms with E-state index < -0.39 is 28.2 Å². The second-order valence-corrected chi connectivity index (χ2v) is 12.4. The predicted octanol–water partition coefficient (Wildman–Crippen LogP) is 3.74. The summed E-state index contributed by atoms with van der Waals surface area (Å²) in [5, 5.41) is 10.3. The molecule has 30 heavy (non-hydrogen) atoms. The number of hydrogen-bond acceptors (Lipinski definition) is 5. The van der Waals surface area contributed by atoms with Crippen molar-refractivity contribution in [2.45, 2.75) is 94.0 Å². The van der Waals surface area contributed by atoms with E-state index in [0.29, 0.717) is 18.8 Å². The van der Waals surface area contributed by atoms with Crippen LogP contribution in [0.1, 0.15) is 65.7 Å². The topological polar surface area (TPSA) is 76.1 Å². The molecule has 0 aromatic heterocycles. The van der Waals surface area contributed by atoms with Crippen molar-refractivity contribution in [1.82, 2.24) is 0 Å². The summed E-state index contributed by atoms with van der Waals surface area (Å²) >= 11 is 3.81. The first-order chi connectivity index (χ1) is 14.0. The first kappa shape index (κ1) is 21.3. The van der Waals surface area contributed by atoms with Gasteiger partial charge in [-0.05, 0) is 68.1 Å². The van der Waals surface area contributed by atoms with Crippen molar-refractivity contribution >= 4 is 27.7 Å². The molecule has 1 N–H and O–H groups in total. The van der Waals surface area contributed by atoms with Crippen LogP contribution in [0, 0.1) is 28.6 Å². The maximum atomic E-state index is 15.7. The first-order valence-corrected chi connectivity index (χ1v) is 12.1. The Hall–Kier alpha value is -0.530. The number of hydrogen-bond donors (Lipinski definition) is 1. The fourth-order valence-electron chi connectivity index (χ4n) is 8.36. The molecule has 0 aromatic carbocycles. The molecule has 10 atom stereocenters. The van der Waals surface area contributed by atoms with Gasteiger partial charge in [0, 0.05) is 12.3 Å². The monoisotopic (exact) mass is 486 g/mol. The Balaban J connectivity index is 1.44. The summed E-state index contributed by atoms with van der Waals surface area (Å²) in [6, 6.07) is 0. The van der Waals surface area contributed by atoms with Crippen molar-refractivity contribution < 1.29 is 28.6 Å². The Morgan fingerprint density at radius 2 is 1.87 bits per heavy atom. The summed E-state index contributed by atoms with van der Waals surface area (Å²) in [5.41, 5.74) is -1.42. The van der Waals surface area contributed by atoms with Crippen molar-refractivity contribution in [2.24, 2.45) is 28.6 Å². The van der Waals surface area contributed by atoms with Gasteiger partial charge < -0.3 is 14.6 Å². The number of alkyl halides is 2. The van der Waals surface area contributed by atoms with E-state index in [1.165, 1.54) is 6.92 Å². The van der Waals surface area contributed by atoms with E-state index in [4.69, 9.17) is 9.47 Å². The van der Waals surface area contributed by atoms with Gasteiger partial charge in [-0.3, -0.25) is 9.59 Å². The summed E-state index contributed by atoms with van der Waals surface area (Å²) in [4.78, 5) is 24.3. The van der Waals surface area contributed by atoms with E-state index >= 15 is 4.39 Å². The second kappa shape index (κ2) is 6.50. The standard InChI is InChI=1S/C23H32BrFO5/c1-12(26)29-11-18(28)23-19(30-23)9-16-14-8-17(25)22(24)10-13(27)4-6-20(22,2)15(14)5-7-21(16,23)3/h13-17,19,27H,4-11H2,1-3H3/t13-,14-,15+,16+,17-,19-,20-,21+,22+,23-/m1/s1. The van der Waals surface area contributed by atoms with Crippen molar-refractivity contribution in [2.75, 3.05) is 6.61 Å². The van der Waals surface area contributed by atoms with E-state index in [-0.39, 0.29) is 41.2 Å². The minimum atomic E-state index is -1.02. The molecule has 5 rings (SSSR count). The zero-order valence-electron chi connectivity index (χ0n) is 18.0. The third-order valence-electron chi connectivity index (χ3n) is 9.96. The molecule has 0 aromatic rings. The summed E-state index contributed by atoms with van der Waals surface area (Å²) in [7, 11) is 0. The minimum absolute atomic E-state index is 0.135. The Morgan fingerprint density at radius 1 is 1.17 bits per heavy atom. The number of ketones is 1. The molecule has 1 saturated heterocycles. The summed E-state index contributed by atoms with van der Waals surface area (Å²) in [6.45, 7) is 5.42. The Bertz CT molecular complexity index is 792.